The maximum absolute atomic E-state index is 12.6. The van der Waals surface area contributed by atoms with Crippen LogP contribution in [-0.4, -0.2) is 15.5 Å². The normalized spacial score (nSPS) is 14.3. The number of benzene rings is 2. The number of nitrogens with one attached hydrogen (secondary N) is 1. The molecule has 0 bridgehead atoms. The van der Waals surface area contributed by atoms with Crippen LogP contribution >= 0.6 is 0 Å². The molecule has 0 unspecified atom stereocenters. The van der Waals surface area contributed by atoms with Crippen LogP contribution in [0.3, 0.4) is 0 Å². The second-order valence-electron chi connectivity index (χ2n) is 6.43. The molecule has 2 heterocycles. The Morgan fingerprint density at radius 2 is 2.00 bits per heavy atom. The minimum absolute atomic E-state index is 0.0119. The summed E-state index contributed by atoms with van der Waals surface area (Å²) in [7, 11) is 0. The van der Waals surface area contributed by atoms with E-state index in [9.17, 15) is 9.59 Å². The molecule has 3 aromatic rings. The van der Waals surface area contributed by atoms with E-state index in [0.717, 1.165) is 30.8 Å². The Hall–Kier alpha value is -2.95. The van der Waals surface area contributed by atoms with Gasteiger partial charge >= 0.3 is 0 Å². The summed E-state index contributed by atoms with van der Waals surface area (Å²) in [6.07, 6.45) is 1.76. The fourth-order valence-corrected chi connectivity index (χ4v) is 3.33. The lowest BCUT2D eigenvalue weighted by Gasteiger charge is -2.14. The Morgan fingerprint density at radius 1 is 1.20 bits per heavy atom. The highest BCUT2D eigenvalue weighted by atomic mass is 16.1. The summed E-state index contributed by atoms with van der Waals surface area (Å²) in [6.45, 7) is 2.68. The Kier molecular flexibility index (Phi) is 3.84. The highest BCUT2D eigenvalue weighted by Gasteiger charge is 2.17. The van der Waals surface area contributed by atoms with Crippen LogP contribution in [0, 0.1) is 0 Å². The van der Waals surface area contributed by atoms with Crippen molar-refractivity contribution in [3.63, 3.8) is 0 Å². The first-order valence-corrected chi connectivity index (χ1v) is 8.53. The maximum atomic E-state index is 12.6. The molecule has 1 aliphatic rings. The number of aryl methyl sites for hydroxylation is 1. The van der Waals surface area contributed by atoms with Gasteiger partial charge in [-0.05, 0) is 37.1 Å². The smallest absolute Gasteiger partial charge is 0.261 e. The zero-order valence-electron chi connectivity index (χ0n) is 14.0. The summed E-state index contributed by atoms with van der Waals surface area (Å²) in [5.74, 6) is 0.647. The van der Waals surface area contributed by atoms with Crippen molar-refractivity contribution in [3.8, 4) is 0 Å². The summed E-state index contributed by atoms with van der Waals surface area (Å²) in [4.78, 5) is 29.6. The minimum atomic E-state index is -0.166. The number of carbonyl (C=O) groups excluding carboxylic acids is 1. The van der Waals surface area contributed by atoms with Crippen molar-refractivity contribution in [2.24, 2.45) is 0 Å². The third-order valence-electron chi connectivity index (χ3n) is 4.73. The molecular weight excluding hydrogens is 314 g/mol. The molecule has 4 rings (SSSR count). The fourth-order valence-electron chi connectivity index (χ4n) is 3.33. The molecule has 0 saturated heterocycles. The highest BCUT2D eigenvalue weighted by molar-refractivity contribution is 5.97. The Labute approximate surface area is 145 Å². The van der Waals surface area contributed by atoms with Gasteiger partial charge in [0.25, 0.3) is 11.5 Å². The fraction of sp³-hybridized carbons (Fsp3) is 0.250. The SMILES string of the molecule is C[C@@H](NC(=O)c1ccc2c(=O)n3c(nc2c1)CCC3)c1ccccc1. The Balaban J connectivity index is 1.64. The van der Waals surface area contributed by atoms with Gasteiger partial charge < -0.3 is 5.32 Å². The number of hydrogen-bond donors (Lipinski definition) is 1. The first kappa shape index (κ1) is 15.6. The van der Waals surface area contributed by atoms with Gasteiger partial charge in [-0.1, -0.05) is 30.3 Å². The van der Waals surface area contributed by atoms with E-state index in [0.29, 0.717) is 16.5 Å². The lowest BCUT2D eigenvalue weighted by atomic mass is 10.1. The van der Waals surface area contributed by atoms with Gasteiger partial charge in [-0.25, -0.2) is 4.98 Å². The van der Waals surface area contributed by atoms with Crippen molar-refractivity contribution < 1.29 is 4.79 Å². The molecule has 1 aromatic heterocycles. The summed E-state index contributed by atoms with van der Waals surface area (Å²) in [6, 6.07) is 14.8. The van der Waals surface area contributed by atoms with Crippen molar-refractivity contribution in [2.45, 2.75) is 32.4 Å². The predicted molar refractivity (Wildman–Crippen MR) is 96.6 cm³/mol. The molecule has 1 aliphatic heterocycles. The number of carbonyl (C=O) groups is 1. The van der Waals surface area contributed by atoms with Crippen molar-refractivity contribution in [1.29, 1.82) is 0 Å². The van der Waals surface area contributed by atoms with Crippen molar-refractivity contribution in [1.82, 2.24) is 14.9 Å². The lowest BCUT2D eigenvalue weighted by molar-refractivity contribution is 0.0940. The second kappa shape index (κ2) is 6.16. The van der Waals surface area contributed by atoms with Crippen molar-refractivity contribution in [3.05, 3.63) is 75.8 Å². The summed E-state index contributed by atoms with van der Waals surface area (Å²) in [5, 5.41) is 3.56. The second-order valence-corrected chi connectivity index (χ2v) is 6.43. The van der Waals surface area contributed by atoms with Gasteiger partial charge in [0, 0.05) is 18.5 Å². The maximum Gasteiger partial charge on any atom is 0.261 e. The molecule has 0 aliphatic carbocycles. The molecule has 126 valence electrons. The molecular formula is C20H19N3O2. The van der Waals surface area contributed by atoms with Gasteiger partial charge in [0.1, 0.15) is 5.82 Å². The summed E-state index contributed by atoms with van der Waals surface area (Å²) in [5.41, 5.74) is 2.15. The zero-order chi connectivity index (χ0) is 17.4. The standard InChI is InChI=1S/C20H19N3O2/c1-13(14-6-3-2-4-7-14)21-19(24)15-9-10-16-17(12-15)22-18-8-5-11-23(18)20(16)25/h2-4,6-7,9-10,12-13H,5,8,11H2,1H3,(H,21,24)/t13-/m1/s1. The molecule has 0 radical (unpaired) electrons. The van der Waals surface area contributed by atoms with Crippen LogP contribution in [0.2, 0.25) is 0 Å². The van der Waals surface area contributed by atoms with E-state index in [1.54, 1.807) is 22.8 Å². The number of aromatic nitrogens is 2. The van der Waals surface area contributed by atoms with Gasteiger partial charge in [0.05, 0.1) is 16.9 Å². The molecule has 1 atom stereocenters. The van der Waals surface area contributed by atoms with E-state index in [-0.39, 0.29) is 17.5 Å². The van der Waals surface area contributed by atoms with Gasteiger partial charge in [-0.15, -0.1) is 0 Å². The van der Waals surface area contributed by atoms with Crippen LogP contribution in [0.1, 0.15) is 41.1 Å². The van der Waals surface area contributed by atoms with Crippen molar-refractivity contribution in [2.75, 3.05) is 0 Å². The number of rotatable bonds is 3. The minimum Gasteiger partial charge on any atom is -0.346 e. The van der Waals surface area contributed by atoms with E-state index in [1.807, 2.05) is 37.3 Å². The van der Waals surface area contributed by atoms with Gasteiger partial charge in [-0.3, -0.25) is 14.2 Å². The van der Waals surface area contributed by atoms with Crippen LogP contribution in [-0.2, 0) is 13.0 Å². The Bertz CT molecular complexity index is 1010. The number of nitrogens with zero attached hydrogens (tertiary/aromatic N) is 2. The molecule has 5 heteroatoms. The largest absolute Gasteiger partial charge is 0.346 e. The number of amides is 1. The van der Waals surface area contributed by atoms with Crippen LogP contribution in [0.25, 0.3) is 10.9 Å². The molecule has 5 nitrogen and oxygen atoms in total. The average Bonchev–Trinajstić information content (AvgIpc) is 3.11. The van der Waals surface area contributed by atoms with E-state index in [1.165, 1.54) is 0 Å². The molecule has 0 saturated carbocycles. The van der Waals surface area contributed by atoms with Crippen molar-refractivity contribution >= 4 is 16.8 Å². The van der Waals surface area contributed by atoms with Crippen LogP contribution in [0.5, 0.6) is 0 Å². The predicted octanol–water partition coefficient (Wildman–Crippen LogP) is 2.83. The topological polar surface area (TPSA) is 64.0 Å². The van der Waals surface area contributed by atoms with E-state index < -0.39 is 0 Å². The summed E-state index contributed by atoms with van der Waals surface area (Å²) >= 11 is 0. The highest BCUT2D eigenvalue weighted by Crippen LogP contribution is 2.17. The van der Waals surface area contributed by atoms with Gasteiger partial charge in [0.15, 0.2) is 0 Å². The zero-order valence-corrected chi connectivity index (χ0v) is 14.0. The molecule has 2 aromatic carbocycles. The Morgan fingerprint density at radius 3 is 2.80 bits per heavy atom. The van der Waals surface area contributed by atoms with E-state index in [4.69, 9.17) is 0 Å². The third kappa shape index (κ3) is 2.82. The molecule has 1 amide bonds. The molecule has 0 fully saturated rings. The molecule has 1 N–H and O–H groups in total. The first-order valence-electron chi connectivity index (χ1n) is 8.53. The lowest BCUT2D eigenvalue weighted by Crippen LogP contribution is -2.27. The monoisotopic (exact) mass is 333 g/mol. The summed E-state index contributed by atoms with van der Waals surface area (Å²) < 4.78 is 1.74. The van der Waals surface area contributed by atoms with Crippen LogP contribution in [0.4, 0.5) is 0 Å². The van der Waals surface area contributed by atoms with Crippen LogP contribution < -0.4 is 10.9 Å². The first-order chi connectivity index (χ1) is 12.1. The third-order valence-corrected chi connectivity index (χ3v) is 4.73. The van der Waals surface area contributed by atoms with Gasteiger partial charge in [-0.2, -0.15) is 0 Å². The number of hydrogen-bond acceptors (Lipinski definition) is 3. The molecule has 0 spiro atoms. The van der Waals surface area contributed by atoms with E-state index >= 15 is 0 Å². The number of fused-ring (bicyclic) bond motifs is 2. The average molecular weight is 333 g/mol. The van der Waals surface area contributed by atoms with Gasteiger partial charge in [0.2, 0.25) is 0 Å². The molecule has 25 heavy (non-hydrogen) atoms. The van der Waals surface area contributed by atoms with Crippen LogP contribution in [0.15, 0.2) is 53.3 Å². The van der Waals surface area contributed by atoms with E-state index in [2.05, 4.69) is 10.3 Å². The quantitative estimate of drug-likeness (QED) is 0.801.